The van der Waals surface area contributed by atoms with Gasteiger partial charge in [-0.15, -0.1) is 0 Å². The van der Waals surface area contributed by atoms with Gasteiger partial charge >= 0.3 is 0 Å². The van der Waals surface area contributed by atoms with Crippen molar-refractivity contribution in [3.05, 3.63) is 47.7 Å². The average molecular weight is 354 g/mol. The first-order chi connectivity index (χ1) is 12.5. The van der Waals surface area contributed by atoms with Gasteiger partial charge in [0.05, 0.1) is 18.7 Å². The summed E-state index contributed by atoms with van der Waals surface area (Å²) in [7, 11) is 0. The Morgan fingerprint density at radius 2 is 2.04 bits per heavy atom. The molecule has 1 aliphatic rings. The Kier molecular flexibility index (Phi) is 5.40. The van der Waals surface area contributed by atoms with Crippen LogP contribution in [0.15, 0.2) is 36.5 Å². The van der Waals surface area contributed by atoms with Crippen LogP contribution in [0.3, 0.4) is 0 Å². The van der Waals surface area contributed by atoms with E-state index in [9.17, 15) is 9.59 Å². The number of carbonyl (C=O) groups excluding carboxylic acids is 2. The standard InChI is InChI=1S/C20H26N4O2/c1-14(2)13-24-19(8-10-21-24)22-20(26)12-18-17-7-5-4-6-16(17)9-11-23(18)15(3)25/h4-8,10,14,18H,9,11-13H2,1-3H3,(H,22,26). The van der Waals surface area contributed by atoms with Gasteiger partial charge in [-0.05, 0) is 23.5 Å². The van der Waals surface area contributed by atoms with Crippen LogP contribution >= 0.6 is 0 Å². The summed E-state index contributed by atoms with van der Waals surface area (Å²) >= 11 is 0. The van der Waals surface area contributed by atoms with Gasteiger partial charge in [-0.2, -0.15) is 5.10 Å². The van der Waals surface area contributed by atoms with Gasteiger partial charge in [0.2, 0.25) is 11.8 Å². The zero-order valence-electron chi connectivity index (χ0n) is 15.6. The number of hydrogen-bond acceptors (Lipinski definition) is 3. The van der Waals surface area contributed by atoms with E-state index in [-0.39, 0.29) is 24.3 Å². The Labute approximate surface area is 154 Å². The molecule has 3 rings (SSSR count). The fraction of sp³-hybridized carbons (Fsp3) is 0.450. The van der Waals surface area contributed by atoms with Crippen molar-refractivity contribution in [2.75, 3.05) is 11.9 Å². The number of rotatable bonds is 5. The fourth-order valence-corrected chi connectivity index (χ4v) is 3.55. The summed E-state index contributed by atoms with van der Waals surface area (Å²) in [6.45, 7) is 7.18. The van der Waals surface area contributed by atoms with Gasteiger partial charge in [0.1, 0.15) is 5.82 Å². The SMILES string of the molecule is CC(=O)N1CCc2ccccc2C1CC(=O)Nc1ccnn1CC(C)C. The van der Waals surface area contributed by atoms with E-state index >= 15 is 0 Å². The zero-order valence-corrected chi connectivity index (χ0v) is 15.6. The third-order valence-electron chi connectivity index (χ3n) is 4.72. The quantitative estimate of drug-likeness (QED) is 0.897. The molecule has 26 heavy (non-hydrogen) atoms. The maximum atomic E-state index is 12.7. The topological polar surface area (TPSA) is 67.2 Å². The molecule has 0 fully saturated rings. The molecule has 138 valence electrons. The fourth-order valence-electron chi connectivity index (χ4n) is 3.55. The summed E-state index contributed by atoms with van der Waals surface area (Å²) in [6.07, 6.45) is 2.76. The number of hydrogen-bond donors (Lipinski definition) is 1. The molecule has 0 saturated carbocycles. The van der Waals surface area contributed by atoms with Crippen LogP contribution in [0.5, 0.6) is 0 Å². The lowest BCUT2D eigenvalue weighted by molar-refractivity contribution is -0.132. The number of amides is 2. The molecular formula is C20H26N4O2. The zero-order chi connectivity index (χ0) is 18.7. The lowest BCUT2D eigenvalue weighted by atomic mass is 9.90. The van der Waals surface area contributed by atoms with E-state index < -0.39 is 0 Å². The van der Waals surface area contributed by atoms with Crippen LogP contribution < -0.4 is 5.32 Å². The van der Waals surface area contributed by atoms with Crippen molar-refractivity contribution < 1.29 is 9.59 Å². The second-order valence-electron chi connectivity index (χ2n) is 7.22. The lowest BCUT2D eigenvalue weighted by Crippen LogP contribution is -2.40. The average Bonchev–Trinajstić information content (AvgIpc) is 3.00. The van der Waals surface area contributed by atoms with Crippen LogP contribution in [0.25, 0.3) is 0 Å². The van der Waals surface area contributed by atoms with Crippen molar-refractivity contribution in [3.63, 3.8) is 0 Å². The molecule has 1 N–H and O–H groups in total. The maximum Gasteiger partial charge on any atom is 0.227 e. The van der Waals surface area contributed by atoms with Crippen molar-refractivity contribution in [1.82, 2.24) is 14.7 Å². The van der Waals surface area contributed by atoms with Crippen LogP contribution in [-0.4, -0.2) is 33.0 Å². The summed E-state index contributed by atoms with van der Waals surface area (Å²) in [5.74, 6) is 1.02. The molecule has 1 aromatic carbocycles. The van der Waals surface area contributed by atoms with Crippen molar-refractivity contribution >= 4 is 17.6 Å². The molecule has 2 amide bonds. The molecular weight excluding hydrogens is 328 g/mol. The summed E-state index contributed by atoms with van der Waals surface area (Å²) < 4.78 is 1.81. The molecule has 1 unspecified atom stereocenters. The molecule has 0 spiro atoms. The van der Waals surface area contributed by atoms with Crippen LogP contribution in [0.2, 0.25) is 0 Å². The Hall–Kier alpha value is -2.63. The van der Waals surface area contributed by atoms with Crippen molar-refractivity contribution in [1.29, 1.82) is 0 Å². The van der Waals surface area contributed by atoms with Crippen molar-refractivity contribution in [3.8, 4) is 0 Å². The molecule has 0 bridgehead atoms. The second kappa shape index (κ2) is 7.72. The van der Waals surface area contributed by atoms with Crippen LogP contribution in [0.1, 0.15) is 44.4 Å². The highest BCUT2D eigenvalue weighted by Gasteiger charge is 2.30. The Bertz CT molecular complexity index is 797. The monoisotopic (exact) mass is 354 g/mol. The molecule has 0 radical (unpaired) electrons. The van der Waals surface area contributed by atoms with E-state index in [1.165, 1.54) is 5.56 Å². The minimum Gasteiger partial charge on any atom is -0.335 e. The molecule has 1 atom stereocenters. The first-order valence-electron chi connectivity index (χ1n) is 9.12. The minimum absolute atomic E-state index is 0.00199. The van der Waals surface area contributed by atoms with Gasteiger partial charge in [-0.1, -0.05) is 38.1 Å². The van der Waals surface area contributed by atoms with E-state index in [4.69, 9.17) is 0 Å². The third-order valence-corrected chi connectivity index (χ3v) is 4.72. The van der Waals surface area contributed by atoms with Crippen molar-refractivity contribution in [2.24, 2.45) is 5.92 Å². The summed E-state index contributed by atoms with van der Waals surface area (Å²) in [4.78, 5) is 26.6. The first kappa shape index (κ1) is 18.2. The molecule has 0 saturated heterocycles. The van der Waals surface area contributed by atoms with Crippen molar-refractivity contribution in [2.45, 2.75) is 46.2 Å². The second-order valence-corrected chi connectivity index (χ2v) is 7.22. The Morgan fingerprint density at radius 1 is 1.27 bits per heavy atom. The van der Waals surface area contributed by atoms with Gasteiger partial charge < -0.3 is 10.2 Å². The number of nitrogens with zero attached hydrogens (tertiary/aromatic N) is 3. The molecule has 2 heterocycles. The normalized spacial score (nSPS) is 16.5. The van der Waals surface area contributed by atoms with Gasteiger partial charge in [-0.3, -0.25) is 9.59 Å². The van der Waals surface area contributed by atoms with Crippen LogP contribution in [0, 0.1) is 5.92 Å². The van der Waals surface area contributed by atoms with Gasteiger partial charge in [0.15, 0.2) is 0 Å². The van der Waals surface area contributed by atoms with Gasteiger partial charge in [-0.25, -0.2) is 4.68 Å². The molecule has 1 aliphatic heterocycles. The highest BCUT2D eigenvalue weighted by Crippen LogP contribution is 2.32. The molecule has 6 heteroatoms. The predicted molar refractivity (Wildman–Crippen MR) is 101 cm³/mol. The molecule has 2 aromatic rings. The van der Waals surface area contributed by atoms with E-state index in [0.29, 0.717) is 18.3 Å². The highest BCUT2D eigenvalue weighted by atomic mass is 16.2. The number of aromatic nitrogens is 2. The molecule has 0 aliphatic carbocycles. The number of fused-ring (bicyclic) bond motifs is 1. The largest absolute Gasteiger partial charge is 0.335 e. The lowest BCUT2D eigenvalue weighted by Gasteiger charge is -2.36. The van der Waals surface area contributed by atoms with Crippen LogP contribution in [-0.2, 0) is 22.6 Å². The number of carbonyl (C=O) groups is 2. The third kappa shape index (κ3) is 3.95. The summed E-state index contributed by atoms with van der Waals surface area (Å²) in [5, 5.41) is 7.23. The first-order valence-corrected chi connectivity index (χ1v) is 9.12. The minimum atomic E-state index is -0.223. The Balaban J connectivity index is 1.77. The molecule has 6 nitrogen and oxygen atoms in total. The van der Waals surface area contributed by atoms with E-state index in [2.05, 4.69) is 30.3 Å². The number of benzene rings is 1. The maximum absolute atomic E-state index is 12.7. The Morgan fingerprint density at radius 3 is 2.77 bits per heavy atom. The smallest absolute Gasteiger partial charge is 0.227 e. The van der Waals surface area contributed by atoms with E-state index in [0.717, 1.165) is 18.5 Å². The van der Waals surface area contributed by atoms with E-state index in [1.54, 1.807) is 28.8 Å². The van der Waals surface area contributed by atoms with Crippen LogP contribution in [0.4, 0.5) is 5.82 Å². The highest BCUT2D eigenvalue weighted by molar-refractivity contribution is 5.91. The molecule has 1 aromatic heterocycles. The van der Waals surface area contributed by atoms with E-state index in [1.807, 2.05) is 18.2 Å². The summed E-state index contributed by atoms with van der Waals surface area (Å²) in [5.41, 5.74) is 2.28. The number of anilines is 1. The predicted octanol–water partition coefficient (Wildman–Crippen LogP) is 3.01. The summed E-state index contributed by atoms with van der Waals surface area (Å²) in [6, 6.07) is 9.65. The van der Waals surface area contributed by atoms with Gasteiger partial charge in [0, 0.05) is 26.1 Å². The van der Waals surface area contributed by atoms with Gasteiger partial charge in [0.25, 0.3) is 0 Å². The number of nitrogens with one attached hydrogen (secondary N) is 1.